The summed E-state index contributed by atoms with van der Waals surface area (Å²) in [7, 11) is 1.70. The summed E-state index contributed by atoms with van der Waals surface area (Å²) in [5.74, 6) is 0.0812. The third-order valence-electron chi connectivity index (χ3n) is 1.88. The van der Waals surface area contributed by atoms with Gasteiger partial charge >= 0.3 is 6.18 Å². The molecular formula is C8H16F3N3O. The molecule has 90 valence electrons. The number of alkyl halides is 3. The first-order valence-corrected chi connectivity index (χ1v) is 4.57. The Bertz CT molecular complexity index is 206. The zero-order valence-electron chi connectivity index (χ0n) is 8.59. The molecule has 0 spiro atoms. The quantitative estimate of drug-likeness (QED) is 0.312. The summed E-state index contributed by atoms with van der Waals surface area (Å²) in [5.41, 5.74) is 5.21. The van der Waals surface area contributed by atoms with Crippen molar-refractivity contribution in [3.05, 3.63) is 0 Å². The molecule has 0 aliphatic carbocycles. The Hall–Kier alpha value is -0.980. The summed E-state index contributed by atoms with van der Waals surface area (Å²) in [6, 6.07) is 0. The van der Waals surface area contributed by atoms with E-state index in [1.54, 1.807) is 11.9 Å². The minimum absolute atomic E-state index is 0.0656. The summed E-state index contributed by atoms with van der Waals surface area (Å²) in [6.07, 6.45) is -4.46. The Kier molecular flexibility index (Phi) is 6.07. The summed E-state index contributed by atoms with van der Waals surface area (Å²) < 4.78 is 35.4. The van der Waals surface area contributed by atoms with Gasteiger partial charge in [0.05, 0.1) is 0 Å². The molecule has 0 saturated heterocycles. The highest BCUT2D eigenvalue weighted by Gasteiger charge is 2.26. The van der Waals surface area contributed by atoms with Crippen LogP contribution >= 0.6 is 0 Å². The monoisotopic (exact) mass is 227 g/mol. The van der Waals surface area contributed by atoms with E-state index in [-0.39, 0.29) is 12.3 Å². The first-order chi connectivity index (χ1) is 6.85. The minimum Gasteiger partial charge on any atom is -0.409 e. The van der Waals surface area contributed by atoms with Crippen molar-refractivity contribution in [1.82, 2.24) is 4.90 Å². The van der Waals surface area contributed by atoms with E-state index in [9.17, 15) is 13.2 Å². The van der Waals surface area contributed by atoms with E-state index >= 15 is 0 Å². The van der Waals surface area contributed by atoms with Crippen molar-refractivity contribution in [2.75, 3.05) is 20.1 Å². The van der Waals surface area contributed by atoms with Gasteiger partial charge in [-0.3, -0.25) is 0 Å². The molecule has 0 atom stereocenters. The molecule has 0 aromatic rings. The van der Waals surface area contributed by atoms with E-state index in [1.807, 2.05) is 0 Å². The number of oxime groups is 1. The zero-order chi connectivity index (χ0) is 11.9. The largest absolute Gasteiger partial charge is 0.409 e. The van der Waals surface area contributed by atoms with Crippen LogP contribution in [0.4, 0.5) is 13.2 Å². The smallest absolute Gasteiger partial charge is 0.389 e. The van der Waals surface area contributed by atoms with E-state index < -0.39 is 12.6 Å². The topological polar surface area (TPSA) is 61.8 Å². The van der Waals surface area contributed by atoms with E-state index in [0.29, 0.717) is 19.5 Å². The minimum atomic E-state index is -4.09. The van der Waals surface area contributed by atoms with Crippen molar-refractivity contribution in [2.24, 2.45) is 10.9 Å². The van der Waals surface area contributed by atoms with Gasteiger partial charge in [-0.05, 0) is 20.0 Å². The molecule has 0 unspecified atom stereocenters. The molecule has 0 aliphatic heterocycles. The Morgan fingerprint density at radius 3 is 2.47 bits per heavy atom. The van der Waals surface area contributed by atoms with E-state index in [1.165, 1.54) is 0 Å². The van der Waals surface area contributed by atoms with Gasteiger partial charge in [0, 0.05) is 19.4 Å². The highest BCUT2D eigenvalue weighted by atomic mass is 19.4. The maximum Gasteiger partial charge on any atom is 0.389 e. The highest BCUT2D eigenvalue weighted by Crippen LogP contribution is 2.21. The fraction of sp³-hybridized carbons (Fsp3) is 0.875. The molecule has 4 nitrogen and oxygen atoms in total. The molecule has 0 heterocycles. The number of hydrogen-bond acceptors (Lipinski definition) is 3. The van der Waals surface area contributed by atoms with Gasteiger partial charge in [0.2, 0.25) is 0 Å². The number of nitrogens with zero attached hydrogens (tertiary/aromatic N) is 2. The van der Waals surface area contributed by atoms with Crippen LogP contribution in [-0.2, 0) is 0 Å². The van der Waals surface area contributed by atoms with Crippen molar-refractivity contribution < 1.29 is 18.4 Å². The fourth-order valence-corrected chi connectivity index (χ4v) is 1.02. The van der Waals surface area contributed by atoms with Gasteiger partial charge in [-0.1, -0.05) is 5.16 Å². The summed E-state index contributed by atoms with van der Waals surface area (Å²) >= 11 is 0. The number of nitrogens with two attached hydrogens (primary N) is 1. The SMILES string of the molecule is CN(CCCC(F)(F)F)CCC(N)=NO. The molecule has 0 fully saturated rings. The van der Waals surface area contributed by atoms with E-state index in [0.717, 1.165) is 0 Å². The third-order valence-corrected chi connectivity index (χ3v) is 1.88. The molecule has 0 saturated carbocycles. The second kappa shape index (κ2) is 6.49. The Balaban J connectivity index is 3.54. The van der Waals surface area contributed by atoms with Crippen molar-refractivity contribution in [2.45, 2.75) is 25.4 Å². The predicted octanol–water partition coefficient (Wildman–Crippen LogP) is 1.40. The van der Waals surface area contributed by atoms with E-state index in [4.69, 9.17) is 10.9 Å². The first kappa shape index (κ1) is 14.0. The number of hydrogen-bond donors (Lipinski definition) is 2. The first-order valence-electron chi connectivity index (χ1n) is 4.57. The molecule has 0 radical (unpaired) electrons. The molecule has 3 N–H and O–H groups in total. The van der Waals surface area contributed by atoms with Gasteiger partial charge in [-0.15, -0.1) is 0 Å². The van der Waals surface area contributed by atoms with Crippen LogP contribution in [0.5, 0.6) is 0 Å². The fourth-order valence-electron chi connectivity index (χ4n) is 1.02. The molecule has 0 aromatic carbocycles. The van der Waals surface area contributed by atoms with Crippen LogP contribution in [0.3, 0.4) is 0 Å². The van der Waals surface area contributed by atoms with Gasteiger partial charge < -0.3 is 15.8 Å². The summed E-state index contributed by atoms with van der Waals surface area (Å²) in [4.78, 5) is 1.71. The number of rotatable bonds is 6. The van der Waals surface area contributed by atoms with Gasteiger partial charge in [-0.2, -0.15) is 13.2 Å². The van der Waals surface area contributed by atoms with Gasteiger partial charge in [0.1, 0.15) is 5.84 Å². The lowest BCUT2D eigenvalue weighted by molar-refractivity contribution is -0.136. The zero-order valence-corrected chi connectivity index (χ0v) is 8.59. The van der Waals surface area contributed by atoms with Gasteiger partial charge in [-0.25, -0.2) is 0 Å². The Labute approximate surface area is 86.5 Å². The number of halogens is 3. The van der Waals surface area contributed by atoms with E-state index in [2.05, 4.69) is 5.16 Å². The maximum atomic E-state index is 11.8. The second-order valence-corrected chi connectivity index (χ2v) is 3.36. The van der Waals surface area contributed by atoms with Crippen molar-refractivity contribution >= 4 is 5.84 Å². The lowest BCUT2D eigenvalue weighted by Gasteiger charge is -2.16. The van der Waals surface area contributed by atoms with Crippen LogP contribution in [0.1, 0.15) is 19.3 Å². The van der Waals surface area contributed by atoms with Crippen LogP contribution in [0, 0.1) is 0 Å². The lowest BCUT2D eigenvalue weighted by Crippen LogP contribution is -2.26. The van der Waals surface area contributed by atoms with Crippen LogP contribution in [0.2, 0.25) is 0 Å². The molecule has 7 heteroatoms. The average molecular weight is 227 g/mol. The van der Waals surface area contributed by atoms with Crippen molar-refractivity contribution in [3.8, 4) is 0 Å². The van der Waals surface area contributed by atoms with Crippen molar-refractivity contribution in [1.29, 1.82) is 0 Å². The van der Waals surface area contributed by atoms with Crippen LogP contribution in [0.25, 0.3) is 0 Å². The average Bonchev–Trinajstić information content (AvgIpc) is 2.12. The van der Waals surface area contributed by atoms with Crippen LogP contribution in [0.15, 0.2) is 5.16 Å². The maximum absolute atomic E-state index is 11.8. The molecule has 0 amide bonds. The second-order valence-electron chi connectivity index (χ2n) is 3.36. The lowest BCUT2D eigenvalue weighted by atomic mass is 10.3. The van der Waals surface area contributed by atoms with Crippen molar-refractivity contribution in [3.63, 3.8) is 0 Å². The van der Waals surface area contributed by atoms with Gasteiger partial charge in [0.25, 0.3) is 0 Å². The Morgan fingerprint density at radius 2 is 2.00 bits per heavy atom. The Morgan fingerprint density at radius 1 is 1.40 bits per heavy atom. The van der Waals surface area contributed by atoms with Gasteiger partial charge in [0.15, 0.2) is 0 Å². The predicted molar refractivity (Wildman–Crippen MR) is 50.8 cm³/mol. The molecule has 0 bridgehead atoms. The number of amidine groups is 1. The molecule has 0 aliphatic rings. The molecular weight excluding hydrogens is 211 g/mol. The van der Waals surface area contributed by atoms with Crippen LogP contribution < -0.4 is 5.73 Å². The standard InChI is InChI=1S/C8H16F3N3O/c1-14(6-3-7(12)13-15)5-2-4-8(9,10)11/h15H,2-6H2,1H3,(H2,12,13). The molecule has 0 aromatic heterocycles. The third kappa shape index (κ3) is 9.33. The molecule has 0 rings (SSSR count). The van der Waals surface area contributed by atoms with Crippen LogP contribution in [-0.4, -0.2) is 42.3 Å². The normalized spacial score (nSPS) is 13.5. The summed E-state index contributed by atoms with van der Waals surface area (Å²) in [6.45, 7) is 0.825. The highest BCUT2D eigenvalue weighted by molar-refractivity contribution is 5.79. The molecule has 15 heavy (non-hydrogen) atoms. The summed E-state index contributed by atoms with van der Waals surface area (Å²) in [5, 5.41) is 11.0.